The van der Waals surface area contributed by atoms with Gasteiger partial charge in [-0.3, -0.25) is 0 Å². The highest BCUT2D eigenvalue weighted by Crippen LogP contribution is 2.13. The van der Waals surface area contributed by atoms with Crippen LogP contribution in [0.4, 0.5) is 0 Å². The molecule has 32 heavy (non-hydrogen) atoms. The molecule has 3 aromatic rings. The topological polar surface area (TPSA) is 88.3 Å². The Bertz CT molecular complexity index is 903. The molecule has 0 saturated heterocycles. The van der Waals surface area contributed by atoms with E-state index in [0.717, 1.165) is 12.8 Å². The van der Waals surface area contributed by atoms with Gasteiger partial charge in [0.15, 0.2) is 0 Å². The zero-order valence-electron chi connectivity index (χ0n) is 18.6. The first-order chi connectivity index (χ1) is 15.6. The molecule has 0 amide bonds. The van der Waals surface area contributed by atoms with Crippen LogP contribution in [0.1, 0.15) is 22.3 Å². The SMILES string of the molecule is CN=C=O.CN=C=O.CN=C=O.c1ccc(Cc2ccc(Cc3ccccc3)cc2)cc1. The summed E-state index contributed by atoms with van der Waals surface area (Å²) in [5, 5.41) is 0. The third kappa shape index (κ3) is 14.7. The molecule has 0 saturated carbocycles. The lowest BCUT2D eigenvalue weighted by Crippen LogP contribution is -1.91. The van der Waals surface area contributed by atoms with Crippen LogP contribution >= 0.6 is 0 Å². The van der Waals surface area contributed by atoms with Crippen LogP contribution in [0.25, 0.3) is 0 Å². The summed E-state index contributed by atoms with van der Waals surface area (Å²) in [6.07, 6.45) is 5.93. The summed E-state index contributed by atoms with van der Waals surface area (Å²) in [5.41, 5.74) is 5.47. The van der Waals surface area contributed by atoms with Crippen molar-refractivity contribution in [3.63, 3.8) is 0 Å². The van der Waals surface area contributed by atoms with Crippen molar-refractivity contribution in [2.45, 2.75) is 12.8 Å². The first kappa shape index (κ1) is 27.8. The minimum atomic E-state index is 1.01. The molecule has 0 fully saturated rings. The highest BCUT2D eigenvalue weighted by atomic mass is 16.1. The second kappa shape index (κ2) is 20.1. The number of aliphatic imine (C=N–C) groups is 3. The van der Waals surface area contributed by atoms with Crippen molar-refractivity contribution in [3.05, 3.63) is 107 Å². The summed E-state index contributed by atoms with van der Waals surface area (Å²) in [6.45, 7) is 0. The Morgan fingerprint density at radius 1 is 0.469 bits per heavy atom. The molecule has 0 radical (unpaired) electrons. The highest BCUT2D eigenvalue weighted by Gasteiger charge is 1.98. The summed E-state index contributed by atoms with van der Waals surface area (Å²) >= 11 is 0. The molecule has 0 N–H and O–H groups in total. The molecule has 0 aliphatic rings. The van der Waals surface area contributed by atoms with Crippen molar-refractivity contribution in [1.82, 2.24) is 0 Å². The average Bonchev–Trinajstić information content (AvgIpc) is 2.87. The van der Waals surface area contributed by atoms with Crippen molar-refractivity contribution in [3.8, 4) is 0 Å². The standard InChI is InChI=1S/C20H18.3C2H3NO/c1-3-7-17(8-4-1)15-19-11-13-20(14-12-19)16-18-9-5-2-6-10-18;3*1-3-2-4/h1-14H,15-16H2;3*1H3. The van der Waals surface area contributed by atoms with Crippen LogP contribution in [0.5, 0.6) is 0 Å². The maximum atomic E-state index is 8.88. The van der Waals surface area contributed by atoms with Gasteiger partial charge in [-0.1, -0.05) is 84.9 Å². The average molecular weight is 430 g/mol. The van der Waals surface area contributed by atoms with Crippen molar-refractivity contribution < 1.29 is 14.4 Å². The minimum absolute atomic E-state index is 1.01. The maximum absolute atomic E-state index is 8.88. The lowest BCUT2D eigenvalue weighted by atomic mass is 10.0. The smallest absolute Gasteiger partial charge is 0.211 e. The van der Waals surface area contributed by atoms with Gasteiger partial charge in [-0.25, -0.2) is 29.4 Å². The summed E-state index contributed by atoms with van der Waals surface area (Å²) in [7, 11) is 4.15. The fraction of sp³-hybridized carbons (Fsp3) is 0.192. The van der Waals surface area contributed by atoms with E-state index in [9.17, 15) is 0 Å². The van der Waals surface area contributed by atoms with Crippen molar-refractivity contribution in [2.24, 2.45) is 15.0 Å². The van der Waals surface area contributed by atoms with E-state index in [1.165, 1.54) is 61.6 Å². The van der Waals surface area contributed by atoms with Crippen LogP contribution in [0, 0.1) is 0 Å². The molecule has 0 aliphatic carbocycles. The molecule has 0 aliphatic heterocycles. The number of nitrogens with zero attached hydrogens (tertiary/aromatic N) is 3. The van der Waals surface area contributed by atoms with E-state index in [0.29, 0.717) is 0 Å². The Labute approximate surface area is 189 Å². The van der Waals surface area contributed by atoms with Gasteiger partial charge in [-0.2, -0.15) is 0 Å². The molecule has 6 nitrogen and oxygen atoms in total. The molecule has 0 atom stereocenters. The maximum Gasteiger partial charge on any atom is 0.234 e. The van der Waals surface area contributed by atoms with Gasteiger partial charge in [0.05, 0.1) is 0 Å². The third-order valence-electron chi connectivity index (χ3n) is 3.80. The molecule has 0 spiro atoms. The number of benzene rings is 3. The van der Waals surface area contributed by atoms with Crippen LogP contribution < -0.4 is 0 Å². The van der Waals surface area contributed by atoms with Crippen LogP contribution in [0.3, 0.4) is 0 Å². The summed E-state index contributed by atoms with van der Waals surface area (Å²) in [4.78, 5) is 35.4. The predicted octanol–water partition coefficient (Wildman–Crippen LogP) is 4.72. The fourth-order valence-corrected chi connectivity index (χ4v) is 2.44. The van der Waals surface area contributed by atoms with Gasteiger partial charge in [0.2, 0.25) is 18.2 Å². The Balaban J connectivity index is 0.000000668. The first-order valence-electron chi connectivity index (χ1n) is 9.68. The zero-order chi connectivity index (χ0) is 23.9. The molecule has 3 rings (SSSR count). The Morgan fingerprint density at radius 2 is 0.688 bits per heavy atom. The lowest BCUT2D eigenvalue weighted by Gasteiger charge is -2.05. The summed E-state index contributed by atoms with van der Waals surface area (Å²) in [5.74, 6) is 0. The lowest BCUT2D eigenvalue weighted by molar-refractivity contribution is 0.564. The van der Waals surface area contributed by atoms with Crippen LogP contribution in [0.15, 0.2) is 99.9 Å². The van der Waals surface area contributed by atoms with Gasteiger partial charge in [0.25, 0.3) is 0 Å². The summed E-state index contributed by atoms with van der Waals surface area (Å²) < 4.78 is 0. The fourth-order valence-electron chi connectivity index (χ4n) is 2.44. The second-order valence-electron chi connectivity index (χ2n) is 6.09. The number of hydrogen-bond acceptors (Lipinski definition) is 6. The van der Waals surface area contributed by atoms with Crippen molar-refractivity contribution >= 4 is 18.2 Å². The van der Waals surface area contributed by atoms with E-state index >= 15 is 0 Å². The van der Waals surface area contributed by atoms with Gasteiger partial charge in [-0.15, -0.1) is 0 Å². The minimum Gasteiger partial charge on any atom is -0.211 e. The van der Waals surface area contributed by atoms with Crippen LogP contribution in [-0.4, -0.2) is 39.4 Å². The highest BCUT2D eigenvalue weighted by molar-refractivity contribution is 5.33. The van der Waals surface area contributed by atoms with E-state index in [1.807, 2.05) is 0 Å². The van der Waals surface area contributed by atoms with E-state index in [1.54, 1.807) is 0 Å². The Hall–Kier alpha value is -4.20. The number of carbonyl (C=O) groups excluding carboxylic acids is 3. The molecule has 3 aromatic carbocycles. The molecule has 164 valence electrons. The molecule has 0 aromatic heterocycles. The number of isocyanates is 3. The Kier molecular flexibility index (Phi) is 17.5. The van der Waals surface area contributed by atoms with Crippen molar-refractivity contribution in [2.75, 3.05) is 21.1 Å². The number of rotatable bonds is 4. The van der Waals surface area contributed by atoms with E-state index in [-0.39, 0.29) is 0 Å². The predicted molar refractivity (Wildman–Crippen MR) is 127 cm³/mol. The molecule has 0 bridgehead atoms. The largest absolute Gasteiger partial charge is 0.234 e. The molecular formula is C26H27N3O3. The van der Waals surface area contributed by atoms with E-state index in [2.05, 4.69) is 99.9 Å². The second-order valence-corrected chi connectivity index (χ2v) is 6.09. The normalized spacial score (nSPS) is 8.09. The Morgan fingerprint density at radius 3 is 0.906 bits per heavy atom. The van der Waals surface area contributed by atoms with Gasteiger partial charge in [0, 0.05) is 21.1 Å². The quantitative estimate of drug-likeness (QED) is 0.444. The molecule has 0 heterocycles. The van der Waals surface area contributed by atoms with Crippen molar-refractivity contribution in [1.29, 1.82) is 0 Å². The van der Waals surface area contributed by atoms with Gasteiger partial charge < -0.3 is 0 Å². The number of hydrogen-bond donors (Lipinski definition) is 0. The van der Waals surface area contributed by atoms with Crippen LogP contribution in [0.2, 0.25) is 0 Å². The summed E-state index contributed by atoms with van der Waals surface area (Å²) in [6, 6.07) is 30.2. The van der Waals surface area contributed by atoms with Gasteiger partial charge in [0.1, 0.15) is 0 Å². The third-order valence-corrected chi connectivity index (χ3v) is 3.80. The first-order valence-corrected chi connectivity index (χ1v) is 9.68. The zero-order valence-corrected chi connectivity index (χ0v) is 18.6. The molecule has 0 unspecified atom stereocenters. The van der Waals surface area contributed by atoms with E-state index in [4.69, 9.17) is 14.4 Å². The van der Waals surface area contributed by atoms with Gasteiger partial charge >= 0.3 is 0 Å². The monoisotopic (exact) mass is 429 g/mol. The van der Waals surface area contributed by atoms with Gasteiger partial charge in [-0.05, 0) is 35.1 Å². The van der Waals surface area contributed by atoms with Crippen LogP contribution in [-0.2, 0) is 27.2 Å². The van der Waals surface area contributed by atoms with E-state index < -0.39 is 0 Å². The molecule has 6 heteroatoms. The molecular weight excluding hydrogens is 402 g/mol.